The summed E-state index contributed by atoms with van der Waals surface area (Å²) in [4.78, 5) is 40.0. The van der Waals surface area contributed by atoms with Gasteiger partial charge < -0.3 is 20.1 Å². The molecule has 0 fully saturated rings. The van der Waals surface area contributed by atoms with Crippen LogP contribution >= 0.6 is 11.3 Å². The molecule has 0 saturated carbocycles. The van der Waals surface area contributed by atoms with Gasteiger partial charge in [0, 0.05) is 23.8 Å². The number of carbonyl (C=O) groups excluding carboxylic acids is 2. The number of fused-ring (bicyclic) bond motifs is 4. The Bertz CT molecular complexity index is 1220. The number of hydrogen-bond donors (Lipinski definition) is 2. The highest BCUT2D eigenvalue weighted by Gasteiger charge is 2.32. The normalized spacial score (nSPS) is 15.0. The van der Waals surface area contributed by atoms with Gasteiger partial charge in [0.05, 0.1) is 6.54 Å². The maximum Gasteiger partial charge on any atom is 0.407 e. The van der Waals surface area contributed by atoms with Gasteiger partial charge in [0.15, 0.2) is 0 Å². The zero-order valence-corrected chi connectivity index (χ0v) is 19.9. The van der Waals surface area contributed by atoms with E-state index in [1.54, 1.807) is 16.2 Å². The molecule has 1 aliphatic carbocycles. The number of aliphatic carboxylic acids is 1. The van der Waals surface area contributed by atoms with E-state index in [2.05, 4.69) is 23.5 Å². The molecule has 180 valence electrons. The molecule has 2 aliphatic rings. The molecular weight excluding hydrogens is 464 g/mol. The van der Waals surface area contributed by atoms with Gasteiger partial charge in [0.25, 0.3) is 0 Å². The molecule has 3 aromatic rings. The first-order valence-electron chi connectivity index (χ1n) is 11.7. The topological polar surface area (TPSA) is 95.9 Å². The SMILES string of the molecule is O=C(O)CCC(NC(=O)OCC1c2ccccc2-c2ccccc21)C(=O)N1CCc2ccsc2C1. The average molecular weight is 491 g/mol. The largest absolute Gasteiger partial charge is 0.481 e. The average Bonchev–Trinajstić information content (AvgIpc) is 3.47. The Kier molecular flexibility index (Phi) is 6.55. The van der Waals surface area contributed by atoms with Crippen molar-refractivity contribution in [2.45, 2.75) is 37.8 Å². The molecule has 0 radical (unpaired) electrons. The van der Waals surface area contributed by atoms with Crippen molar-refractivity contribution in [1.29, 1.82) is 0 Å². The van der Waals surface area contributed by atoms with E-state index in [9.17, 15) is 14.4 Å². The molecule has 1 aromatic heterocycles. The smallest absolute Gasteiger partial charge is 0.407 e. The van der Waals surface area contributed by atoms with E-state index < -0.39 is 18.1 Å². The van der Waals surface area contributed by atoms with Crippen molar-refractivity contribution in [1.82, 2.24) is 10.2 Å². The first-order valence-corrected chi connectivity index (χ1v) is 12.6. The summed E-state index contributed by atoms with van der Waals surface area (Å²) in [7, 11) is 0. The van der Waals surface area contributed by atoms with Crippen LogP contribution in [0.3, 0.4) is 0 Å². The van der Waals surface area contributed by atoms with Gasteiger partial charge in [-0.2, -0.15) is 0 Å². The van der Waals surface area contributed by atoms with Crippen molar-refractivity contribution < 1.29 is 24.2 Å². The summed E-state index contributed by atoms with van der Waals surface area (Å²) in [6.07, 6.45) is -0.185. The number of benzene rings is 2. The fourth-order valence-corrected chi connectivity index (χ4v) is 5.90. The third kappa shape index (κ3) is 4.79. The minimum absolute atomic E-state index is 0.00611. The zero-order valence-electron chi connectivity index (χ0n) is 19.1. The van der Waals surface area contributed by atoms with E-state index in [1.807, 2.05) is 41.8 Å². The number of nitrogens with one attached hydrogen (secondary N) is 1. The molecule has 35 heavy (non-hydrogen) atoms. The van der Waals surface area contributed by atoms with Gasteiger partial charge in [-0.05, 0) is 52.1 Å². The maximum absolute atomic E-state index is 13.2. The number of amides is 2. The molecule has 5 rings (SSSR count). The Morgan fingerprint density at radius 2 is 1.74 bits per heavy atom. The van der Waals surface area contributed by atoms with Crippen LogP contribution in [0, 0.1) is 0 Å². The van der Waals surface area contributed by atoms with Gasteiger partial charge >= 0.3 is 12.1 Å². The van der Waals surface area contributed by atoms with Gasteiger partial charge in [-0.3, -0.25) is 9.59 Å². The first-order chi connectivity index (χ1) is 17.0. The molecule has 2 amide bonds. The van der Waals surface area contributed by atoms with Crippen molar-refractivity contribution in [2.24, 2.45) is 0 Å². The molecule has 1 aliphatic heterocycles. The molecule has 0 bridgehead atoms. The van der Waals surface area contributed by atoms with Gasteiger partial charge in [-0.15, -0.1) is 11.3 Å². The lowest BCUT2D eigenvalue weighted by atomic mass is 9.98. The lowest BCUT2D eigenvalue weighted by molar-refractivity contribution is -0.138. The molecular formula is C27H26N2O5S. The van der Waals surface area contributed by atoms with E-state index in [4.69, 9.17) is 9.84 Å². The molecule has 8 heteroatoms. The zero-order chi connectivity index (χ0) is 24.4. The number of hydrogen-bond acceptors (Lipinski definition) is 5. The Balaban J connectivity index is 1.26. The van der Waals surface area contributed by atoms with Gasteiger partial charge in [-0.1, -0.05) is 48.5 Å². The Labute approximate surface area is 207 Å². The fourth-order valence-electron chi connectivity index (χ4n) is 4.95. The molecule has 0 saturated heterocycles. The van der Waals surface area contributed by atoms with Crippen molar-refractivity contribution in [3.05, 3.63) is 81.5 Å². The number of thiophene rings is 1. The summed E-state index contributed by atoms with van der Waals surface area (Å²) in [6.45, 7) is 1.14. The molecule has 7 nitrogen and oxygen atoms in total. The van der Waals surface area contributed by atoms with E-state index in [0.717, 1.165) is 33.6 Å². The van der Waals surface area contributed by atoms with E-state index in [1.165, 1.54) is 5.56 Å². The maximum atomic E-state index is 13.2. The first kappa shape index (κ1) is 23.1. The number of alkyl carbamates (subject to hydrolysis) is 1. The van der Waals surface area contributed by atoms with Crippen LogP contribution in [0.2, 0.25) is 0 Å². The summed E-state index contributed by atoms with van der Waals surface area (Å²) < 4.78 is 5.59. The van der Waals surface area contributed by atoms with Gasteiger partial charge in [0.1, 0.15) is 12.6 Å². The highest BCUT2D eigenvalue weighted by Crippen LogP contribution is 2.44. The summed E-state index contributed by atoms with van der Waals surface area (Å²) in [5.41, 5.74) is 5.69. The summed E-state index contributed by atoms with van der Waals surface area (Å²) >= 11 is 1.60. The molecule has 2 N–H and O–H groups in total. The molecule has 2 heterocycles. The van der Waals surface area contributed by atoms with E-state index in [0.29, 0.717) is 13.1 Å². The minimum atomic E-state index is -1.02. The van der Waals surface area contributed by atoms with Crippen LogP contribution in [-0.2, 0) is 27.3 Å². The van der Waals surface area contributed by atoms with Gasteiger partial charge in [-0.25, -0.2) is 4.79 Å². The molecule has 2 aromatic carbocycles. The lowest BCUT2D eigenvalue weighted by Gasteiger charge is -2.30. The predicted octanol–water partition coefficient (Wildman–Crippen LogP) is 4.40. The van der Waals surface area contributed by atoms with Crippen LogP contribution in [0.4, 0.5) is 4.79 Å². The Morgan fingerprint density at radius 3 is 2.43 bits per heavy atom. The van der Waals surface area contributed by atoms with Crippen LogP contribution in [0.1, 0.15) is 40.3 Å². The van der Waals surface area contributed by atoms with E-state index >= 15 is 0 Å². The molecule has 1 unspecified atom stereocenters. The Morgan fingerprint density at radius 1 is 1.06 bits per heavy atom. The number of nitrogens with zero attached hydrogens (tertiary/aromatic N) is 1. The van der Waals surface area contributed by atoms with Crippen molar-refractivity contribution >= 4 is 29.3 Å². The summed E-state index contributed by atoms with van der Waals surface area (Å²) in [5.74, 6) is -1.39. The monoisotopic (exact) mass is 490 g/mol. The predicted molar refractivity (Wildman–Crippen MR) is 132 cm³/mol. The van der Waals surface area contributed by atoms with Crippen LogP contribution in [-0.4, -0.2) is 47.2 Å². The van der Waals surface area contributed by atoms with Crippen molar-refractivity contribution in [3.63, 3.8) is 0 Å². The number of rotatable bonds is 7. The Hall–Kier alpha value is -3.65. The summed E-state index contributed by atoms with van der Waals surface area (Å²) in [6, 6.07) is 17.2. The molecule has 0 spiro atoms. The van der Waals surface area contributed by atoms with Crippen LogP contribution in [0.15, 0.2) is 60.0 Å². The minimum Gasteiger partial charge on any atom is -0.481 e. The second-order valence-corrected chi connectivity index (χ2v) is 9.83. The van der Waals surface area contributed by atoms with Gasteiger partial charge in [0.2, 0.25) is 5.91 Å². The van der Waals surface area contributed by atoms with Crippen LogP contribution < -0.4 is 5.32 Å². The third-order valence-electron chi connectivity index (χ3n) is 6.72. The fraction of sp³-hybridized carbons (Fsp3) is 0.296. The second-order valence-electron chi connectivity index (χ2n) is 8.83. The molecule has 1 atom stereocenters. The standard InChI is InChI=1S/C27H26N2O5S/c30-25(31)10-9-23(26(32)29-13-11-17-12-14-35-24(17)15-29)28-27(33)34-16-22-20-7-3-1-5-18(20)19-6-2-4-8-21(19)22/h1-8,12,14,22-23H,9-11,13,15-16H2,(H,28,33)(H,30,31). The number of carbonyl (C=O) groups is 3. The highest BCUT2D eigenvalue weighted by atomic mass is 32.1. The van der Waals surface area contributed by atoms with Crippen LogP contribution in [0.25, 0.3) is 11.1 Å². The van der Waals surface area contributed by atoms with Crippen LogP contribution in [0.5, 0.6) is 0 Å². The lowest BCUT2D eigenvalue weighted by Crippen LogP contribution is -2.50. The van der Waals surface area contributed by atoms with Crippen molar-refractivity contribution in [3.8, 4) is 11.1 Å². The number of carboxylic acids is 1. The second kappa shape index (κ2) is 9.92. The van der Waals surface area contributed by atoms with Crippen molar-refractivity contribution in [2.75, 3.05) is 13.2 Å². The number of ether oxygens (including phenoxy) is 1. The summed E-state index contributed by atoms with van der Waals surface area (Å²) in [5, 5.41) is 13.8. The quantitative estimate of drug-likeness (QED) is 0.512. The third-order valence-corrected chi connectivity index (χ3v) is 7.66. The van der Waals surface area contributed by atoms with E-state index in [-0.39, 0.29) is 31.3 Å². The highest BCUT2D eigenvalue weighted by molar-refractivity contribution is 7.10. The number of carboxylic acid groups (broad SMARTS) is 1.